The molecule has 0 aliphatic carbocycles. The van der Waals surface area contributed by atoms with Gasteiger partial charge in [0.25, 0.3) is 5.56 Å². The maximum absolute atomic E-state index is 13.9. The third-order valence-corrected chi connectivity index (χ3v) is 6.16. The first-order valence-corrected chi connectivity index (χ1v) is 12.1. The number of aromatic nitrogens is 4. The minimum absolute atomic E-state index is 0.105. The van der Waals surface area contributed by atoms with Crippen molar-refractivity contribution in [2.75, 3.05) is 25.1 Å². The number of carbonyl (C=O) groups is 1. The number of hydrogen-bond acceptors (Lipinski definition) is 7. The second-order valence-corrected chi connectivity index (χ2v) is 9.02. The fourth-order valence-electron chi connectivity index (χ4n) is 4.20. The van der Waals surface area contributed by atoms with E-state index in [-0.39, 0.29) is 17.4 Å². The van der Waals surface area contributed by atoms with Crippen LogP contribution in [0.5, 0.6) is 0 Å². The molecule has 0 aliphatic heterocycles. The molecule has 0 saturated heterocycles. The standard InChI is InChI=1S/C28H31N7O2/c1-6-21(31-25-20(15-16-23(36)34(4)5)18(3)30-28(29)33-25)26-32-22-14-10-11-17(2)24(22)27(37)35(26)19-12-8-7-9-13-19/h7-16,21H,6H2,1-5H3,(H3,29,30,31,33)/b16-15+. The SMILES string of the molecule is CCC(Nc1nc(N)nc(C)c1/C=C/C(=O)N(C)C)c1nc2cccc(C)c2c(=O)n1-c1ccccc1. The molecule has 0 saturated carbocycles. The van der Waals surface area contributed by atoms with Gasteiger partial charge in [-0.2, -0.15) is 4.98 Å². The van der Waals surface area contributed by atoms with Crippen molar-refractivity contribution in [3.63, 3.8) is 0 Å². The summed E-state index contributed by atoms with van der Waals surface area (Å²) in [5, 5.41) is 4.02. The van der Waals surface area contributed by atoms with Crippen LogP contribution in [0, 0.1) is 13.8 Å². The van der Waals surface area contributed by atoms with Crippen LogP contribution in [0.15, 0.2) is 59.4 Å². The summed E-state index contributed by atoms with van der Waals surface area (Å²) in [5.41, 5.74) is 9.32. The largest absolute Gasteiger partial charge is 0.368 e. The molecule has 37 heavy (non-hydrogen) atoms. The predicted octanol–water partition coefficient (Wildman–Crippen LogP) is 4.04. The highest BCUT2D eigenvalue weighted by molar-refractivity contribution is 5.92. The Morgan fingerprint density at radius 3 is 2.49 bits per heavy atom. The number of nitrogen functional groups attached to an aromatic ring is 1. The highest BCUT2D eigenvalue weighted by Gasteiger charge is 2.22. The van der Waals surface area contributed by atoms with Crippen LogP contribution < -0.4 is 16.6 Å². The third kappa shape index (κ3) is 5.20. The molecule has 4 rings (SSSR count). The summed E-state index contributed by atoms with van der Waals surface area (Å²) in [5.74, 6) is 0.941. The van der Waals surface area contributed by atoms with E-state index in [9.17, 15) is 9.59 Å². The Hall–Kier alpha value is -4.53. The van der Waals surface area contributed by atoms with Crippen LogP contribution in [0.4, 0.5) is 11.8 Å². The van der Waals surface area contributed by atoms with Crippen molar-refractivity contribution in [2.24, 2.45) is 0 Å². The number of para-hydroxylation sites is 1. The molecule has 0 radical (unpaired) electrons. The number of anilines is 2. The Bertz CT molecular complexity index is 1540. The van der Waals surface area contributed by atoms with E-state index in [1.165, 1.54) is 11.0 Å². The molecule has 0 spiro atoms. The Labute approximate surface area is 215 Å². The lowest BCUT2D eigenvalue weighted by molar-refractivity contribution is -0.123. The second kappa shape index (κ2) is 10.6. The van der Waals surface area contributed by atoms with E-state index >= 15 is 0 Å². The summed E-state index contributed by atoms with van der Waals surface area (Å²) in [6.07, 6.45) is 3.73. The van der Waals surface area contributed by atoms with Gasteiger partial charge in [0.15, 0.2) is 0 Å². The zero-order valence-electron chi connectivity index (χ0n) is 21.7. The number of amides is 1. The van der Waals surface area contributed by atoms with Gasteiger partial charge >= 0.3 is 0 Å². The first kappa shape index (κ1) is 25.6. The summed E-state index contributed by atoms with van der Waals surface area (Å²) in [7, 11) is 3.36. The number of likely N-dealkylation sites (N-methyl/N-ethyl adjacent to an activating group) is 1. The van der Waals surface area contributed by atoms with E-state index in [0.717, 1.165) is 11.3 Å². The summed E-state index contributed by atoms with van der Waals surface area (Å²) < 4.78 is 1.65. The Morgan fingerprint density at radius 2 is 1.81 bits per heavy atom. The molecule has 9 heteroatoms. The molecule has 2 heterocycles. The molecular weight excluding hydrogens is 466 g/mol. The average Bonchev–Trinajstić information content (AvgIpc) is 2.86. The fraction of sp³-hybridized carbons (Fsp3) is 0.250. The monoisotopic (exact) mass is 497 g/mol. The van der Waals surface area contributed by atoms with Crippen LogP contribution >= 0.6 is 0 Å². The maximum atomic E-state index is 13.9. The normalized spacial score (nSPS) is 12.1. The van der Waals surface area contributed by atoms with E-state index in [1.807, 2.05) is 62.4 Å². The minimum atomic E-state index is -0.400. The van der Waals surface area contributed by atoms with Crippen LogP contribution in [0.2, 0.25) is 0 Å². The molecular formula is C28H31N7O2. The third-order valence-electron chi connectivity index (χ3n) is 6.16. The molecule has 2 aromatic heterocycles. The van der Waals surface area contributed by atoms with Crippen LogP contribution in [0.25, 0.3) is 22.7 Å². The number of nitrogens with two attached hydrogens (primary N) is 1. The van der Waals surface area contributed by atoms with Crippen molar-refractivity contribution in [1.82, 2.24) is 24.4 Å². The molecule has 1 atom stereocenters. The first-order chi connectivity index (χ1) is 17.7. The summed E-state index contributed by atoms with van der Waals surface area (Å²) in [4.78, 5) is 41.2. The van der Waals surface area contributed by atoms with Crippen LogP contribution in [-0.4, -0.2) is 44.4 Å². The van der Waals surface area contributed by atoms with Crippen LogP contribution in [0.3, 0.4) is 0 Å². The molecule has 3 N–H and O–H groups in total. The Kier molecular flexibility index (Phi) is 7.33. The number of fused-ring (bicyclic) bond motifs is 1. The minimum Gasteiger partial charge on any atom is -0.368 e. The molecule has 2 aromatic carbocycles. The molecule has 1 amide bonds. The number of carbonyl (C=O) groups excluding carboxylic acids is 1. The fourth-order valence-corrected chi connectivity index (χ4v) is 4.20. The number of nitrogens with zero attached hydrogens (tertiary/aromatic N) is 5. The molecule has 9 nitrogen and oxygen atoms in total. The topological polar surface area (TPSA) is 119 Å². The number of benzene rings is 2. The van der Waals surface area contributed by atoms with Crippen LogP contribution in [-0.2, 0) is 4.79 Å². The van der Waals surface area contributed by atoms with Crippen molar-refractivity contribution in [1.29, 1.82) is 0 Å². The lowest BCUT2D eigenvalue weighted by atomic mass is 10.1. The van der Waals surface area contributed by atoms with Crippen molar-refractivity contribution in [3.05, 3.63) is 87.6 Å². The number of rotatable bonds is 7. The lowest BCUT2D eigenvalue weighted by Gasteiger charge is -2.23. The van der Waals surface area contributed by atoms with Gasteiger partial charge in [0, 0.05) is 25.7 Å². The van der Waals surface area contributed by atoms with E-state index in [1.54, 1.807) is 31.7 Å². The Balaban J connectivity index is 1.90. The van der Waals surface area contributed by atoms with Crippen molar-refractivity contribution < 1.29 is 4.79 Å². The van der Waals surface area contributed by atoms with Gasteiger partial charge in [-0.05, 0) is 50.1 Å². The Morgan fingerprint density at radius 1 is 1.08 bits per heavy atom. The smallest absolute Gasteiger partial charge is 0.266 e. The van der Waals surface area contributed by atoms with E-state index < -0.39 is 6.04 Å². The molecule has 0 fully saturated rings. The molecule has 0 bridgehead atoms. The molecule has 4 aromatic rings. The average molecular weight is 498 g/mol. The van der Waals surface area contributed by atoms with Gasteiger partial charge in [-0.15, -0.1) is 0 Å². The van der Waals surface area contributed by atoms with Crippen molar-refractivity contribution in [2.45, 2.75) is 33.2 Å². The van der Waals surface area contributed by atoms with E-state index in [0.29, 0.717) is 40.2 Å². The van der Waals surface area contributed by atoms with Gasteiger partial charge < -0.3 is 16.0 Å². The number of aryl methyl sites for hydroxylation is 2. The van der Waals surface area contributed by atoms with E-state index in [4.69, 9.17) is 10.7 Å². The maximum Gasteiger partial charge on any atom is 0.266 e. The first-order valence-electron chi connectivity index (χ1n) is 12.1. The van der Waals surface area contributed by atoms with E-state index in [2.05, 4.69) is 15.3 Å². The lowest BCUT2D eigenvalue weighted by Crippen LogP contribution is -2.29. The summed E-state index contributed by atoms with van der Waals surface area (Å²) in [6.45, 7) is 5.72. The van der Waals surface area contributed by atoms with Gasteiger partial charge in [0.05, 0.1) is 28.3 Å². The van der Waals surface area contributed by atoms with Gasteiger partial charge in [-0.3, -0.25) is 14.2 Å². The zero-order chi connectivity index (χ0) is 26.7. The van der Waals surface area contributed by atoms with Gasteiger partial charge in [0.2, 0.25) is 11.9 Å². The number of hydrogen-bond donors (Lipinski definition) is 2. The van der Waals surface area contributed by atoms with Crippen molar-refractivity contribution in [3.8, 4) is 5.69 Å². The molecule has 0 aliphatic rings. The molecule has 190 valence electrons. The predicted molar refractivity (Wildman–Crippen MR) is 148 cm³/mol. The molecule has 1 unspecified atom stereocenters. The summed E-state index contributed by atoms with van der Waals surface area (Å²) >= 11 is 0. The zero-order valence-corrected chi connectivity index (χ0v) is 21.7. The summed E-state index contributed by atoms with van der Waals surface area (Å²) in [6, 6.07) is 14.7. The second-order valence-electron chi connectivity index (χ2n) is 9.02. The number of nitrogens with one attached hydrogen (secondary N) is 1. The highest BCUT2D eigenvalue weighted by Crippen LogP contribution is 2.28. The van der Waals surface area contributed by atoms with Gasteiger partial charge in [-0.1, -0.05) is 37.3 Å². The van der Waals surface area contributed by atoms with Crippen LogP contribution in [0.1, 0.15) is 42.0 Å². The quantitative estimate of drug-likeness (QED) is 0.370. The van der Waals surface area contributed by atoms with Gasteiger partial charge in [0.1, 0.15) is 11.6 Å². The van der Waals surface area contributed by atoms with Crippen molar-refractivity contribution >= 4 is 34.7 Å². The highest BCUT2D eigenvalue weighted by atomic mass is 16.2. The van der Waals surface area contributed by atoms with Gasteiger partial charge in [-0.25, -0.2) is 9.97 Å².